The van der Waals surface area contributed by atoms with Gasteiger partial charge in [-0.05, 0) is 55.9 Å². The predicted molar refractivity (Wildman–Crippen MR) is 87.7 cm³/mol. The smallest absolute Gasteiger partial charge is 0.243 e. The minimum atomic E-state index is -3.57. The van der Waals surface area contributed by atoms with Crippen molar-refractivity contribution in [2.24, 2.45) is 5.92 Å². The average Bonchev–Trinajstić information content (AvgIpc) is 2.96. The van der Waals surface area contributed by atoms with E-state index in [-0.39, 0.29) is 10.5 Å². The van der Waals surface area contributed by atoms with Gasteiger partial charge in [-0.1, -0.05) is 0 Å². The summed E-state index contributed by atoms with van der Waals surface area (Å²) >= 11 is 0. The molecule has 3 rings (SSSR count). The Morgan fingerprint density at radius 2 is 1.96 bits per heavy atom. The fraction of sp³-hybridized carbons (Fsp3) is 0.647. The summed E-state index contributed by atoms with van der Waals surface area (Å²) in [6.07, 6.45) is 3.35. The molecule has 0 amide bonds. The van der Waals surface area contributed by atoms with Gasteiger partial charge in [-0.15, -0.1) is 0 Å². The first-order valence-corrected chi connectivity index (χ1v) is 9.80. The first kappa shape index (κ1) is 17.8. The first-order chi connectivity index (χ1) is 11.5. The first-order valence-electron chi connectivity index (χ1n) is 8.36. The molecule has 2 aliphatic rings. The molecule has 0 aromatic heterocycles. The number of piperidine rings is 1. The van der Waals surface area contributed by atoms with Crippen molar-refractivity contribution in [2.75, 3.05) is 33.4 Å². The molecule has 134 valence electrons. The Morgan fingerprint density at radius 3 is 2.58 bits per heavy atom. The van der Waals surface area contributed by atoms with Crippen LogP contribution < -0.4 is 0 Å². The Labute approximate surface area is 142 Å². The Bertz CT molecular complexity index is 654. The van der Waals surface area contributed by atoms with E-state index in [4.69, 9.17) is 9.47 Å². The van der Waals surface area contributed by atoms with E-state index >= 15 is 0 Å². The second-order valence-electron chi connectivity index (χ2n) is 6.54. The van der Waals surface area contributed by atoms with Crippen LogP contribution in [0.5, 0.6) is 0 Å². The molecule has 2 aliphatic heterocycles. The lowest BCUT2D eigenvalue weighted by atomic mass is 9.78. The third-order valence-corrected chi connectivity index (χ3v) is 7.20. The van der Waals surface area contributed by atoms with Crippen LogP contribution in [-0.2, 0) is 19.5 Å². The van der Waals surface area contributed by atoms with Crippen LogP contribution in [0.3, 0.4) is 0 Å². The van der Waals surface area contributed by atoms with Gasteiger partial charge in [-0.2, -0.15) is 4.31 Å². The number of hydrogen-bond acceptors (Lipinski definition) is 4. The minimum Gasteiger partial charge on any atom is -0.385 e. The summed E-state index contributed by atoms with van der Waals surface area (Å²) in [4.78, 5) is 0.142. The fourth-order valence-corrected chi connectivity index (χ4v) is 5.31. The van der Waals surface area contributed by atoms with Crippen LogP contribution in [-0.4, -0.2) is 51.7 Å². The number of hydrogen-bond donors (Lipinski definition) is 0. The van der Waals surface area contributed by atoms with Gasteiger partial charge in [-0.25, -0.2) is 12.8 Å². The van der Waals surface area contributed by atoms with E-state index in [9.17, 15) is 12.8 Å². The van der Waals surface area contributed by atoms with E-state index in [1.54, 1.807) is 7.11 Å². The van der Waals surface area contributed by atoms with Crippen molar-refractivity contribution < 1.29 is 22.3 Å². The summed E-state index contributed by atoms with van der Waals surface area (Å²) in [6.45, 7) is 2.30. The molecule has 0 N–H and O–H groups in total. The maximum absolute atomic E-state index is 13.0. The molecule has 24 heavy (non-hydrogen) atoms. The second-order valence-corrected chi connectivity index (χ2v) is 8.48. The van der Waals surface area contributed by atoms with Gasteiger partial charge in [0.25, 0.3) is 0 Å². The van der Waals surface area contributed by atoms with Crippen molar-refractivity contribution in [1.82, 2.24) is 4.31 Å². The third kappa shape index (κ3) is 3.35. The Morgan fingerprint density at radius 1 is 1.29 bits per heavy atom. The van der Waals surface area contributed by atoms with Crippen LogP contribution in [0.2, 0.25) is 0 Å². The van der Waals surface area contributed by atoms with Crippen molar-refractivity contribution in [1.29, 1.82) is 0 Å². The van der Waals surface area contributed by atoms with Crippen molar-refractivity contribution in [2.45, 2.75) is 36.2 Å². The van der Waals surface area contributed by atoms with Gasteiger partial charge >= 0.3 is 0 Å². The van der Waals surface area contributed by atoms with Crippen LogP contribution >= 0.6 is 0 Å². The lowest BCUT2D eigenvalue weighted by Gasteiger charge is -2.41. The number of methoxy groups -OCH3 is 1. The Hall–Kier alpha value is -1.02. The van der Waals surface area contributed by atoms with E-state index in [1.165, 1.54) is 28.6 Å². The van der Waals surface area contributed by atoms with Gasteiger partial charge < -0.3 is 9.47 Å². The maximum atomic E-state index is 13.0. The fourth-order valence-electron chi connectivity index (χ4n) is 3.87. The van der Waals surface area contributed by atoms with Crippen molar-refractivity contribution >= 4 is 10.0 Å². The number of rotatable bonds is 5. The Balaban J connectivity index is 1.69. The van der Waals surface area contributed by atoms with E-state index in [0.29, 0.717) is 38.5 Å². The van der Waals surface area contributed by atoms with Crippen LogP contribution in [0.1, 0.15) is 25.7 Å². The summed E-state index contributed by atoms with van der Waals surface area (Å²) in [6, 6.07) is 5.00. The molecule has 0 bridgehead atoms. The predicted octanol–water partition coefficient (Wildman–Crippen LogP) is 2.42. The summed E-state index contributed by atoms with van der Waals surface area (Å²) in [5.74, 6) is -0.0139. The molecular weight excluding hydrogens is 333 g/mol. The molecule has 1 aromatic carbocycles. The largest absolute Gasteiger partial charge is 0.385 e. The van der Waals surface area contributed by atoms with Crippen LogP contribution in [0.15, 0.2) is 29.2 Å². The summed E-state index contributed by atoms with van der Waals surface area (Å²) < 4.78 is 51.1. The molecule has 2 heterocycles. The molecule has 0 radical (unpaired) electrons. The number of ether oxygens (including phenoxy) is 2. The number of halogens is 1. The zero-order valence-corrected chi connectivity index (χ0v) is 14.7. The molecule has 1 atom stereocenters. The molecule has 2 fully saturated rings. The zero-order chi connectivity index (χ0) is 17.2. The third-order valence-electron chi connectivity index (χ3n) is 5.29. The highest BCUT2D eigenvalue weighted by Gasteiger charge is 2.47. The zero-order valence-electron chi connectivity index (χ0n) is 13.9. The van der Waals surface area contributed by atoms with E-state index in [0.717, 1.165) is 19.4 Å². The lowest BCUT2D eigenvalue weighted by molar-refractivity contribution is -0.0603. The average molecular weight is 357 g/mol. The van der Waals surface area contributed by atoms with Gasteiger partial charge in [0, 0.05) is 33.4 Å². The van der Waals surface area contributed by atoms with Crippen LogP contribution in [0, 0.1) is 11.7 Å². The van der Waals surface area contributed by atoms with E-state index in [1.807, 2.05) is 0 Å². The molecule has 5 nitrogen and oxygen atoms in total. The number of sulfonamides is 1. The highest BCUT2D eigenvalue weighted by atomic mass is 32.2. The highest BCUT2D eigenvalue weighted by Crippen LogP contribution is 2.43. The van der Waals surface area contributed by atoms with Gasteiger partial charge in [0.1, 0.15) is 5.82 Å². The molecule has 7 heteroatoms. The highest BCUT2D eigenvalue weighted by molar-refractivity contribution is 7.89. The van der Waals surface area contributed by atoms with Gasteiger partial charge in [0.2, 0.25) is 10.0 Å². The molecule has 1 spiro atoms. The molecule has 0 aliphatic carbocycles. The summed E-state index contributed by atoms with van der Waals surface area (Å²) in [5.41, 5.74) is -0.215. The standard InChI is InChI=1S/C17H24FNO4S/c1-22-12-6-14-7-13-23-17(14)8-10-19(11-9-17)24(20,21)16-4-2-15(18)3-5-16/h2-5,14H,6-13H2,1H3/t14-/m0/s1. The quantitative estimate of drug-likeness (QED) is 0.812. The van der Waals surface area contributed by atoms with Crippen LogP contribution in [0.25, 0.3) is 0 Å². The number of nitrogens with zero attached hydrogens (tertiary/aromatic N) is 1. The summed E-state index contributed by atoms with van der Waals surface area (Å²) in [7, 11) is -1.88. The van der Waals surface area contributed by atoms with Gasteiger partial charge in [0.15, 0.2) is 0 Å². The topological polar surface area (TPSA) is 55.8 Å². The van der Waals surface area contributed by atoms with E-state index < -0.39 is 15.8 Å². The number of benzene rings is 1. The second kappa shape index (κ2) is 7.07. The van der Waals surface area contributed by atoms with Crippen molar-refractivity contribution in [3.05, 3.63) is 30.1 Å². The monoisotopic (exact) mass is 357 g/mol. The SMILES string of the molecule is COCC[C@H]1CCOC12CCN(S(=O)(=O)c1ccc(F)cc1)CC2. The van der Waals surface area contributed by atoms with Gasteiger partial charge in [-0.3, -0.25) is 0 Å². The molecule has 1 aromatic rings. The van der Waals surface area contributed by atoms with Crippen molar-refractivity contribution in [3.63, 3.8) is 0 Å². The summed E-state index contributed by atoms with van der Waals surface area (Å²) in [5, 5.41) is 0. The van der Waals surface area contributed by atoms with Crippen molar-refractivity contribution in [3.8, 4) is 0 Å². The van der Waals surface area contributed by atoms with E-state index in [2.05, 4.69) is 0 Å². The molecule has 0 unspecified atom stereocenters. The lowest BCUT2D eigenvalue weighted by Crippen LogP contribution is -2.49. The van der Waals surface area contributed by atoms with Gasteiger partial charge in [0.05, 0.1) is 10.5 Å². The minimum absolute atomic E-state index is 0.142. The molecule has 2 saturated heterocycles. The maximum Gasteiger partial charge on any atom is 0.243 e. The normalized spacial score (nSPS) is 24.5. The van der Waals surface area contributed by atoms with Crippen LogP contribution in [0.4, 0.5) is 4.39 Å². The molecule has 0 saturated carbocycles. The Kier molecular flexibility index (Phi) is 5.24. The molecular formula is C17H24FNO4S.